The number of hydrogen-bond donors (Lipinski definition) is 1. The first-order chi connectivity index (χ1) is 11.2. The highest BCUT2D eigenvalue weighted by Crippen LogP contribution is 2.08. The number of aromatic nitrogens is 2. The Bertz CT molecular complexity index is 791. The number of anilines is 1. The van der Waals surface area contributed by atoms with Crippen LogP contribution in [0.4, 0.5) is 5.82 Å². The third-order valence-corrected chi connectivity index (χ3v) is 2.87. The molecule has 1 aromatic carbocycles. The first-order valence-corrected chi connectivity index (χ1v) is 7.40. The highest BCUT2D eigenvalue weighted by Gasteiger charge is 2.17. The average molecular weight is 329 g/mol. The van der Waals surface area contributed by atoms with E-state index in [-0.39, 0.29) is 18.3 Å². The average Bonchev–Trinajstić information content (AvgIpc) is 2.49. The summed E-state index contributed by atoms with van der Waals surface area (Å²) >= 11 is 0. The lowest BCUT2D eigenvalue weighted by atomic mass is 10.2. The molecule has 0 aliphatic heterocycles. The van der Waals surface area contributed by atoms with Gasteiger partial charge in [0.1, 0.15) is 18.0 Å². The Hall–Kier alpha value is -2.96. The minimum atomic E-state index is -0.647. The zero-order valence-electron chi connectivity index (χ0n) is 13.8. The molecular formula is C17H19N3O4. The van der Waals surface area contributed by atoms with Crippen molar-refractivity contribution in [3.05, 3.63) is 58.6 Å². The van der Waals surface area contributed by atoms with Gasteiger partial charge in [0, 0.05) is 11.8 Å². The summed E-state index contributed by atoms with van der Waals surface area (Å²) in [6.07, 6.45) is 1.39. The maximum atomic E-state index is 12.0. The smallest absolute Gasteiger partial charge is 0.350 e. The number of carbonyl (C=O) groups excluding carboxylic acids is 2. The van der Waals surface area contributed by atoms with Crippen molar-refractivity contribution in [3.8, 4) is 0 Å². The fourth-order valence-electron chi connectivity index (χ4n) is 1.91. The van der Waals surface area contributed by atoms with Gasteiger partial charge in [0.2, 0.25) is 0 Å². The summed E-state index contributed by atoms with van der Waals surface area (Å²) in [4.78, 5) is 39.5. The molecule has 0 bridgehead atoms. The van der Waals surface area contributed by atoms with Crippen LogP contribution in [0.15, 0.2) is 47.4 Å². The van der Waals surface area contributed by atoms with E-state index in [0.717, 1.165) is 4.57 Å². The van der Waals surface area contributed by atoms with Crippen LogP contribution >= 0.6 is 0 Å². The highest BCUT2D eigenvalue weighted by atomic mass is 16.6. The molecule has 0 spiro atoms. The lowest BCUT2D eigenvalue weighted by molar-refractivity contribution is -0.155. The molecule has 0 unspecified atom stereocenters. The van der Waals surface area contributed by atoms with E-state index in [1.54, 1.807) is 51.1 Å². The minimum Gasteiger partial charge on any atom is -0.459 e. The van der Waals surface area contributed by atoms with Gasteiger partial charge in [-0.2, -0.15) is 4.98 Å². The van der Waals surface area contributed by atoms with E-state index in [2.05, 4.69) is 10.3 Å². The number of nitrogens with one attached hydrogen (secondary N) is 1. The molecular weight excluding hydrogens is 310 g/mol. The summed E-state index contributed by atoms with van der Waals surface area (Å²) in [6, 6.07) is 10.0. The summed E-state index contributed by atoms with van der Waals surface area (Å²) in [7, 11) is 0. The second-order valence-electron chi connectivity index (χ2n) is 6.13. The number of benzene rings is 1. The van der Waals surface area contributed by atoms with Gasteiger partial charge in [-0.15, -0.1) is 0 Å². The van der Waals surface area contributed by atoms with E-state index >= 15 is 0 Å². The van der Waals surface area contributed by atoms with Gasteiger partial charge in [-0.25, -0.2) is 4.79 Å². The van der Waals surface area contributed by atoms with E-state index in [9.17, 15) is 14.4 Å². The van der Waals surface area contributed by atoms with Crippen molar-refractivity contribution in [1.29, 1.82) is 0 Å². The molecule has 126 valence electrons. The number of nitrogens with zero attached hydrogens (tertiary/aromatic N) is 2. The molecule has 0 saturated heterocycles. The van der Waals surface area contributed by atoms with Crippen LogP contribution in [0.2, 0.25) is 0 Å². The summed E-state index contributed by atoms with van der Waals surface area (Å²) in [5.41, 5.74) is -0.818. The van der Waals surface area contributed by atoms with E-state index in [0.29, 0.717) is 5.56 Å². The fraction of sp³-hybridized carbons (Fsp3) is 0.294. The Morgan fingerprint density at radius 1 is 1.17 bits per heavy atom. The van der Waals surface area contributed by atoms with Gasteiger partial charge in [0.05, 0.1) is 0 Å². The number of esters is 1. The van der Waals surface area contributed by atoms with Crippen molar-refractivity contribution in [2.45, 2.75) is 32.9 Å². The molecule has 1 N–H and O–H groups in total. The predicted octanol–water partition coefficient (Wildman–Crippen LogP) is 1.84. The van der Waals surface area contributed by atoms with Gasteiger partial charge in [0.15, 0.2) is 0 Å². The highest BCUT2D eigenvalue weighted by molar-refractivity contribution is 6.03. The van der Waals surface area contributed by atoms with Crippen molar-refractivity contribution in [2.24, 2.45) is 0 Å². The number of hydrogen-bond acceptors (Lipinski definition) is 5. The predicted molar refractivity (Wildman–Crippen MR) is 88.7 cm³/mol. The van der Waals surface area contributed by atoms with Gasteiger partial charge in [0.25, 0.3) is 5.91 Å². The largest absolute Gasteiger partial charge is 0.459 e. The standard InChI is InChI=1S/C17H19N3O4/c1-17(2,3)24-14(21)11-20-10-9-13(19-16(20)23)18-15(22)12-7-5-4-6-8-12/h4-10H,11H2,1-3H3,(H,18,19,22,23). The second-order valence-corrected chi connectivity index (χ2v) is 6.13. The quantitative estimate of drug-likeness (QED) is 0.864. The third kappa shape index (κ3) is 5.05. The fourth-order valence-corrected chi connectivity index (χ4v) is 1.91. The van der Waals surface area contributed by atoms with Crippen LogP contribution in [-0.2, 0) is 16.1 Å². The van der Waals surface area contributed by atoms with Crippen molar-refractivity contribution in [1.82, 2.24) is 9.55 Å². The number of amides is 1. The first kappa shape index (κ1) is 17.4. The second kappa shape index (κ2) is 7.08. The Balaban J connectivity index is 2.06. The first-order valence-electron chi connectivity index (χ1n) is 7.40. The minimum absolute atomic E-state index is 0.120. The number of ether oxygens (including phenoxy) is 1. The zero-order chi connectivity index (χ0) is 17.7. The van der Waals surface area contributed by atoms with E-state index in [4.69, 9.17) is 4.74 Å². The van der Waals surface area contributed by atoms with Gasteiger partial charge in [-0.1, -0.05) is 18.2 Å². The monoisotopic (exact) mass is 329 g/mol. The van der Waals surface area contributed by atoms with Gasteiger partial charge in [-0.3, -0.25) is 14.2 Å². The van der Waals surface area contributed by atoms with Crippen LogP contribution in [0.1, 0.15) is 31.1 Å². The zero-order valence-corrected chi connectivity index (χ0v) is 13.8. The Labute approximate surface area is 139 Å². The maximum absolute atomic E-state index is 12.0. The molecule has 2 rings (SSSR count). The maximum Gasteiger partial charge on any atom is 0.350 e. The van der Waals surface area contributed by atoms with E-state index in [1.807, 2.05) is 0 Å². The van der Waals surface area contributed by atoms with Crippen LogP contribution < -0.4 is 11.0 Å². The third-order valence-electron chi connectivity index (χ3n) is 2.87. The van der Waals surface area contributed by atoms with Gasteiger partial charge >= 0.3 is 11.7 Å². The van der Waals surface area contributed by atoms with Crippen molar-refractivity contribution in [2.75, 3.05) is 5.32 Å². The van der Waals surface area contributed by atoms with Crippen molar-refractivity contribution >= 4 is 17.7 Å². The van der Waals surface area contributed by atoms with Gasteiger partial charge < -0.3 is 10.1 Å². The topological polar surface area (TPSA) is 90.3 Å². The molecule has 0 aliphatic carbocycles. The van der Waals surface area contributed by atoms with Gasteiger partial charge in [-0.05, 0) is 39.0 Å². The lowest BCUT2D eigenvalue weighted by Gasteiger charge is -2.19. The molecule has 1 amide bonds. The van der Waals surface area contributed by atoms with Crippen LogP contribution in [0.5, 0.6) is 0 Å². The molecule has 0 fully saturated rings. The molecule has 2 aromatic rings. The molecule has 0 radical (unpaired) electrons. The molecule has 24 heavy (non-hydrogen) atoms. The van der Waals surface area contributed by atoms with E-state index < -0.39 is 17.3 Å². The number of rotatable bonds is 4. The summed E-state index contributed by atoms with van der Waals surface area (Å²) < 4.78 is 6.27. The Morgan fingerprint density at radius 2 is 1.83 bits per heavy atom. The van der Waals surface area contributed by atoms with Crippen LogP contribution in [0.25, 0.3) is 0 Å². The molecule has 7 heteroatoms. The molecule has 0 atom stereocenters. The summed E-state index contributed by atoms with van der Waals surface area (Å²) in [5, 5.41) is 2.54. The summed E-state index contributed by atoms with van der Waals surface area (Å²) in [6.45, 7) is 4.99. The molecule has 7 nitrogen and oxygen atoms in total. The molecule has 0 aliphatic rings. The Kier molecular flexibility index (Phi) is 5.13. The van der Waals surface area contributed by atoms with Crippen LogP contribution in [0.3, 0.4) is 0 Å². The summed E-state index contributed by atoms with van der Waals surface area (Å²) in [5.74, 6) is -0.783. The normalized spacial score (nSPS) is 11.0. The van der Waals surface area contributed by atoms with Crippen LogP contribution in [0, 0.1) is 0 Å². The Morgan fingerprint density at radius 3 is 2.42 bits per heavy atom. The lowest BCUT2D eigenvalue weighted by Crippen LogP contribution is -2.31. The molecule has 1 aromatic heterocycles. The number of carbonyl (C=O) groups is 2. The molecule has 0 saturated carbocycles. The van der Waals surface area contributed by atoms with E-state index in [1.165, 1.54) is 12.3 Å². The van der Waals surface area contributed by atoms with Crippen molar-refractivity contribution < 1.29 is 14.3 Å². The van der Waals surface area contributed by atoms with Crippen molar-refractivity contribution in [3.63, 3.8) is 0 Å². The SMILES string of the molecule is CC(C)(C)OC(=O)Cn1ccc(NC(=O)c2ccccc2)nc1=O. The molecule has 1 heterocycles. The van der Waals surface area contributed by atoms with Crippen LogP contribution in [-0.4, -0.2) is 27.0 Å².